The van der Waals surface area contributed by atoms with Crippen molar-refractivity contribution in [3.05, 3.63) is 0 Å². The number of nitrogens with zero attached hydrogens (tertiary/aromatic N) is 3. The van der Waals surface area contributed by atoms with E-state index in [2.05, 4.69) is 17.1 Å². The average Bonchev–Trinajstić information content (AvgIpc) is 2.48. The van der Waals surface area contributed by atoms with Crippen molar-refractivity contribution in [2.75, 3.05) is 52.9 Å². The Hall–Kier alpha value is -0.210. The maximum atomic E-state index is 12.6. The van der Waals surface area contributed by atoms with Crippen molar-refractivity contribution >= 4 is 10.2 Å². The van der Waals surface area contributed by atoms with E-state index in [1.54, 1.807) is 15.7 Å². The molecule has 2 heterocycles. The fourth-order valence-corrected chi connectivity index (χ4v) is 4.66. The van der Waals surface area contributed by atoms with Gasteiger partial charge in [0, 0.05) is 39.3 Å². The molecule has 0 atom stereocenters. The first-order valence-electron chi connectivity index (χ1n) is 7.72. The molecule has 0 aromatic heterocycles. The lowest BCUT2D eigenvalue weighted by Gasteiger charge is -2.38. The van der Waals surface area contributed by atoms with Crippen LogP contribution in [0, 0.1) is 0 Å². The smallest absolute Gasteiger partial charge is 0.282 e. The minimum absolute atomic E-state index is 0.156. The zero-order valence-corrected chi connectivity index (χ0v) is 13.5. The van der Waals surface area contributed by atoms with Crippen LogP contribution in [-0.2, 0) is 10.2 Å². The van der Waals surface area contributed by atoms with Crippen molar-refractivity contribution < 1.29 is 8.42 Å². The van der Waals surface area contributed by atoms with Crippen LogP contribution in [0.25, 0.3) is 0 Å². The molecular weight excluding hydrogens is 276 g/mol. The van der Waals surface area contributed by atoms with Crippen molar-refractivity contribution in [3.63, 3.8) is 0 Å². The molecule has 0 aromatic rings. The van der Waals surface area contributed by atoms with Gasteiger partial charge in [0.15, 0.2) is 0 Å². The average molecular weight is 304 g/mol. The molecule has 0 unspecified atom stereocenters. The molecule has 7 heteroatoms. The van der Waals surface area contributed by atoms with Gasteiger partial charge in [-0.15, -0.1) is 0 Å². The summed E-state index contributed by atoms with van der Waals surface area (Å²) in [5, 5.41) is 3.19. The second kappa shape index (κ2) is 7.17. The van der Waals surface area contributed by atoms with Gasteiger partial charge in [-0.25, -0.2) is 0 Å². The summed E-state index contributed by atoms with van der Waals surface area (Å²) < 4.78 is 28.4. The highest BCUT2D eigenvalue weighted by Gasteiger charge is 2.34. The number of rotatable bonds is 5. The molecule has 0 bridgehead atoms. The molecule has 2 rings (SSSR count). The molecule has 1 N–H and O–H groups in total. The third kappa shape index (κ3) is 3.71. The Bertz CT molecular complexity index is 387. The van der Waals surface area contributed by atoms with Crippen LogP contribution in [-0.4, -0.2) is 80.8 Å². The molecule has 0 aromatic carbocycles. The SMILES string of the molecule is CCCN1CCC(N(C)S(=O)(=O)N2CCNCC2)CC1. The van der Waals surface area contributed by atoms with E-state index in [9.17, 15) is 8.42 Å². The molecular formula is C13H28N4O2S. The van der Waals surface area contributed by atoms with Crippen LogP contribution < -0.4 is 5.32 Å². The summed E-state index contributed by atoms with van der Waals surface area (Å²) >= 11 is 0. The molecule has 0 amide bonds. The van der Waals surface area contributed by atoms with Crippen LogP contribution >= 0.6 is 0 Å². The molecule has 2 aliphatic rings. The Morgan fingerprint density at radius 2 is 1.75 bits per heavy atom. The number of nitrogens with one attached hydrogen (secondary N) is 1. The highest BCUT2D eigenvalue weighted by atomic mass is 32.2. The summed E-state index contributed by atoms with van der Waals surface area (Å²) in [4.78, 5) is 2.43. The van der Waals surface area contributed by atoms with Crippen LogP contribution in [0.3, 0.4) is 0 Å². The van der Waals surface area contributed by atoms with E-state index in [0.717, 1.165) is 45.6 Å². The highest BCUT2D eigenvalue weighted by molar-refractivity contribution is 7.86. The molecule has 6 nitrogen and oxygen atoms in total. The van der Waals surface area contributed by atoms with Gasteiger partial charge in [-0.2, -0.15) is 17.0 Å². The van der Waals surface area contributed by atoms with E-state index in [0.29, 0.717) is 13.1 Å². The number of hydrogen-bond donors (Lipinski definition) is 1. The van der Waals surface area contributed by atoms with E-state index in [1.807, 2.05) is 0 Å². The van der Waals surface area contributed by atoms with E-state index < -0.39 is 10.2 Å². The third-order valence-corrected chi connectivity index (χ3v) is 6.42. The third-order valence-electron chi connectivity index (χ3n) is 4.38. The lowest BCUT2D eigenvalue weighted by Crippen LogP contribution is -2.54. The maximum absolute atomic E-state index is 12.6. The maximum Gasteiger partial charge on any atom is 0.282 e. The minimum atomic E-state index is -3.28. The summed E-state index contributed by atoms with van der Waals surface area (Å²) in [6, 6.07) is 0.156. The van der Waals surface area contributed by atoms with Gasteiger partial charge < -0.3 is 10.2 Å². The van der Waals surface area contributed by atoms with E-state index in [1.165, 1.54) is 6.42 Å². The summed E-state index contributed by atoms with van der Waals surface area (Å²) in [5.74, 6) is 0. The van der Waals surface area contributed by atoms with Crippen molar-refractivity contribution in [1.82, 2.24) is 18.8 Å². The highest BCUT2D eigenvalue weighted by Crippen LogP contribution is 2.20. The molecule has 0 aliphatic carbocycles. The van der Waals surface area contributed by atoms with E-state index in [4.69, 9.17) is 0 Å². The molecule has 0 spiro atoms. The largest absolute Gasteiger partial charge is 0.314 e. The molecule has 118 valence electrons. The zero-order chi connectivity index (χ0) is 14.6. The molecule has 0 radical (unpaired) electrons. The summed E-state index contributed by atoms with van der Waals surface area (Å²) in [7, 11) is -1.54. The van der Waals surface area contributed by atoms with Crippen molar-refractivity contribution in [3.8, 4) is 0 Å². The van der Waals surface area contributed by atoms with Crippen molar-refractivity contribution in [2.45, 2.75) is 32.2 Å². The molecule has 2 saturated heterocycles. The first-order valence-corrected chi connectivity index (χ1v) is 9.11. The zero-order valence-electron chi connectivity index (χ0n) is 12.7. The van der Waals surface area contributed by atoms with Gasteiger partial charge in [0.2, 0.25) is 0 Å². The lowest BCUT2D eigenvalue weighted by atomic mass is 10.1. The van der Waals surface area contributed by atoms with Gasteiger partial charge >= 0.3 is 0 Å². The summed E-state index contributed by atoms with van der Waals surface area (Å²) in [6.07, 6.45) is 3.06. The van der Waals surface area contributed by atoms with Crippen LogP contribution in [0.15, 0.2) is 0 Å². The normalized spacial score (nSPS) is 24.4. The van der Waals surface area contributed by atoms with Crippen molar-refractivity contribution in [1.29, 1.82) is 0 Å². The molecule has 0 saturated carbocycles. The number of piperidine rings is 1. The minimum Gasteiger partial charge on any atom is -0.314 e. The first-order chi connectivity index (χ1) is 9.55. The quantitative estimate of drug-likeness (QED) is 0.773. The van der Waals surface area contributed by atoms with Gasteiger partial charge in [0.25, 0.3) is 10.2 Å². The van der Waals surface area contributed by atoms with Gasteiger partial charge in [-0.3, -0.25) is 0 Å². The van der Waals surface area contributed by atoms with E-state index in [-0.39, 0.29) is 6.04 Å². The standard InChI is InChI=1S/C13H28N4O2S/c1-3-8-16-9-4-13(5-10-16)15(2)20(18,19)17-11-6-14-7-12-17/h13-14H,3-12H2,1-2H3. The van der Waals surface area contributed by atoms with Crippen molar-refractivity contribution in [2.24, 2.45) is 0 Å². The lowest BCUT2D eigenvalue weighted by molar-refractivity contribution is 0.164. The topological polar surface area (TPSA) is 55.9 Å². The van der Waals surface area contributed by atoms with Gasteiger partial charge in [0.1, 0.15) is 0 Å². The fourth-order valence-electron chi connectivity index (χ4n) is 3.07. The van der Waals surface area contributed by atoms with Crippen LogP contribution in [0.1, 0.15) is 26.2 Å². The predicted molar refractivity (Wildman–Crippen MR) is 80.9 cm³/mol. The second-order valence-corrected chi connectivity index (χ2v) is 7.73. The van der Waals surface area contributed by atoms with Gasteiger partial charge in [0.05, 0.1) is 0 Å². The Kier molecular flexibility index (Phi) is 5.80. The summed E-state index contributed by atoms with van der Waals surface area (Å²) in [5.41, 5.74) is 0. The number of hydrogen-bond acceptors (Lipinski definition) is 4. The Morgan fingerprint density at radius 3 is 2.30 bits per heavy atom. The summed E-state index contributed by atoms with van der Waals surface area (Å²) in [6.45, 7) is 8.01. The Balaban J connectivity index is 1.91. The van der Waals surface area contributed by atoms with Gasteiger partial charge in [-0.1, -0.05) is 6.92 Å². The Morgan fingerprint density at radius 1 is 1.15 bits per heavy atom. The molecule has 20 heavy (non-hydrogen) atoms. The van der Waals surface area contributed by atoms with E-state index >= 15 is 0 Å². The molecule has 2 aliphatic heterocycles. The van der Waals surface area contributed by atoms with Gasteiger partial charge in [-0.05, 0) is 38.9 Å². The Labute approximate surface area is 123 Å². The number of likely N-dealkylation sites (tertiary alicyclic amines) is 1. The fraction of sp³-hybridized carbons (Fsp3) is 1.00. The monoisotopic (exact) mass is 304 g/mol. The molecule has 2 fully saturated rings. The predicted octanol–water partition coefficient (Wildman–Crippen LogP) is -0.0574. The van der Waals surface area contributed by atoms with Crippen LogP contribution in [0.4, 0.5) is 0 Å². The first kappa shape index (κ1) is 16.2. The van der Waals surface area contributed by atoms with Crippen LogP contribution in [0.5, 0.6) is 0 Å². The second-order valence-electron chi connectivity index (χ2n) is 5.75. The van der Waals surface area contributed by atoms with Crippen LogP contribution in [0.2, 0.25) is 0 Å². The number of piperazine rings is 1.